The van der Waals surface area contributed by atoms with E-state index in [9.17, 15) is 4.79 Å². The molecule has 1 atom stereocenters. The van der Waals surface area contributed by atoms with Crippen LogP contribution in [0.15, 0.2) is 48.5 Å². The molecule has 0 aliphatic heterocycles. The summed E-state index contributed by atoms with van der Waals surface area (Å²) in [6.07, 6.45) is 3.18. The van der Waals surface area contributed by atoms with Crippen LogP contribution in [0.3, 0.4) is 0 Å². The number of hydrogen-bond donors (Lipinski definition) is 2. The molecule has 0 heterocycles. The summed E-state index contributed by atoms with van der Waals surface area (Å²) in [5.41, 5.74) is 4.02. The molecule has 2 aromatic carbocycles. The fourth-order valence-corrected chi connectivity index (χ4v) is 2.99. The van der Waals surface area contributed by atoms with Crippen LogP contribution in [-0.4, -0.2) is 12.5 Å². The second kappa shape index (κ2) is 6.97. The molecular weight excluding hydrogens is 286 g/mol. The Balaban J connectivity index is 1.57. The normalized spacial score (nSPS) is 16.0. The zero-order chi connectivity index (χ0) is 16.1. The van der Waals surface area contributed by atoms with E-state index in [4.69, 9.17) is 5.26 Å². The van der Waals surface area contributed by atoms with E-state index in [1.54, 1.807) is 12.1 Å². The molecule has 0 unspecified atom stereocenters. The van der Waals surface area contributed by atoms with Gasteiger partial charge in [-0.2, -0.15) is 5.26 Å². The fourth-order valence-electron chi connectivity index (χ4n) is 2.99. The molecule has 4 nitrogen and oxygen atoms in total. The number of amides is 1. The van der Waals surface area contributed by atoms with Crippen LogP contribution >= 0.6 is 0 Å². The van der Waals surface area contributed by atoms with Crippen molar-refractivity contribution in [3.8, 4) is 6.07 Å². The summed E-state index contributed by atoms with van der Waals surface area (Å²) < 4.78 is 0. The molecule has 1 aliphatic rings. The summed E-state index contributed by atoms with van der Waals surface area (Å²) in [6, 6.07) is 17.6. The maximum Gasteiger partial charge on any atom is 0.239 e. The summed E-state index contributed by atoms with van der Waals surface area (Å²) in [4.78, 5) is 12.2. The number of rotatable bonds is 4. The summed E-state index contributed by atoms with van der Waals surface area (Å²) >= 11 is 0. The molecule has 0 aromatic heterocycles. The fraction of sp³-hybridized carbons (Fsp3) is 0.263. The first-order valence-electron chi connectivity index (χ1n) is 7.87. The van der Waals surface area contributed by atoms with E-state index >= 15 is 0 Å². The zero-order valence-electron chi connectivity index (χ0n) is 12.9. The van der Waals surface area contributed by atoms with Crippen molar-refractivity contribution in [1.29, 1.82) is 5.26 Å². The van der Waals surface area contributed by atoms with Gasteiger partial charge < -0.3 is 10.6 Å². The van der Waals surface area contributed by atoms with E-state index in [1.807, 2.05) is 18.2 Å². The van der Waals surface area contributed by atoms with Crippen LogP contribution in [0.5, 0.6) is 0 Å². The van der Waals surface area contributed by atoms with Crippen LogP contribution < -0.4 is 10.6 Å². The number of carbonyl (C=O) groups is 1. The highest BCUT2D eigenvalue weighted by molar-refractivity contribution is 5.81. The standard InChI is InChI=1S/C19H19N3O/c20-12-14-8-10-16(11-9-14)21-13-19(23)22-18-7-3-5-15-4-1-2-6-17(15)18/h1-2,4,6,8-11,18,21H,3,5,7,13H2,(H,22,23)/t18-/m1/s1. The Labute approximate surface area is 136 Å². The minimum absolute atomic E-state index is 0.0175. The van der Waals surface area contributed by atoms with Crippen molar-refractivity contribution < 1.29 is 4.79 Å². The molecule has 0 fully saturated rings. The molecule has 0 bridgehead atoms. The van der Waals surface area contributed by atoms with E-state index in [2.05, 4.69) is 34.9 Å². The number of benzene rings is 2. The first-order valence-corrected chi connectivity index (χ1v) is 7.87. The van der Waals surface area contributed by atoms with E-state index < -0.39 is 0 Å². The lowest BCUT2D eigenvalue weighted by Crippen LogP contribution is -2.35. The third kappa shape index (κ3) is 3.70. The molecule has 116 valence electrons. The van der Waals surface area contributed by atoms with Crippen molar-refractivity contribution in [3.05, 3.63) is 65.2 Å². The number of carbonyl (C=O) groups excluding carboxylic acids is 1. The van der Waals surface area contributed by atoms with E-state index in [-0.39, 0.29) is 18.5 Å². The number of anilines is 1. The van der Waals surface area contributed by atoms with Gasteiger partial charge in [0.1, 0.15) is 0 Å². The molecule has 1 amide bonds. The van der Waals surface area contributed by atoms with Gasteiger partial charge >= 0.3 is 0 Å². The van der Waals surface area contributed by atoms with Gasteiger partial charge in [0.15, 0.2) is 0 Å². The highest BCUT2D eigenvalue weighted by Crippen LogP contribution is 2.29. The van der Waals surface area contributed by atoms with Gasteiger partial charge in [0.2, 0.25) is 5.91 Å². The molecule has 3 rings (SSSR count). The van der Waals surface area contributed by atoms with Crippen molar-refractivity contribution in [2.45, 2.75) is 25.3 Å². The predicted molar refractivity (Wildman–Crippen MR) is 89.9 cm³/mol. The molecule has 4 heteroatoms. The maximum atomic E-state index is 12.2. The van der Waals surface area contributed by atoms with Gasteiger partial charge in [-0.15, -0.1) is 0 Å². The summed E-state index contributed by atoms with van der Waals surface area (Å²) in [6.45, 7) is 0.227. The van der Waals surface area contributed by atoms with Gasteiger partial charge in [-0.25, -0.2) is 0 Å². The van der Waals surface area contributed by atoms with Gasteiger partial charge in [0, 0.05) is 5.69 Å². The monoisotopic (exact) mass is 305 g/mol. The number of hydrogen-bond acceptors (Lipinski definition) is 3. The van der Waals surface area contributed by atoms with Crippen molar-refractivity contribution >= 4 is 11.6 Å². The Morgan fingerprint density at radius 3 is 2.74 bits per heavy atom. The van der Waals surface area contributed by atoms with Crippen LogP contribution in [0.1, 0.15) is 35.6 Å². The number of nitrogens with one attached hydrogen (secondary N) is 2. The maximum absolute atomic E-state index is 12.2. The molecule has 0 spiro atoms. The third-order valence-electron chi connectivity index (χ3n) is 4.17. The van der Waals surface area contributed by atoms with E-state index in [1.165, 1.54) is 11.1 Å². The second-order valence-electron chi connectivity index (χ2n) is 5.75. The lowest BCUT2D eigenvalue weighted by atomic mass is 9.88. The molecule has 2 aromatic rings. The van der Waals surface area contributed by atoms with Crippen LogP contribution in [0.4, 0.5) is 5.69 Å². The SMILES string of the molecule is N#Cc1ccc(NCC(=O)N[C@@H]2CCCc3ccccc32)cc1. The highest BCUT2D eigenvalue weighted by Gasteiger charge is 2.20. The van der Waals surface area contributed by atoms with Gasteiger partial charge in [-0.1, -0.05) is 24.3 Å². The first kappa shape index (κ1) is 15.1. The van der Waals surface area contributed by atoms with Crippen LogP contribution in [0.25, 0.3) is 0 Å². The quantitative estimate of drug-likeness (QED) is 0.912. The Bertz CT molecular complexity index is 731. The van der Waals surface area contributed by atoms with Crippen LogP contribution in [0.2, 0.25) is 0 Å². The minimum Gasteiger partial charge on any atom is -0.376 e. The van der Waals surface area contributed by atoms with Gasteiger partial charge in [-0.05, 0) is 54.7 Å². The topological polar surface area (TPSA) is 64.9 Å². The average molecular weight is 305 g/mol. The molecule has 0 saturated heterocycles. The summed E-state index contributed by atoms with van der Waals surface area (Å²) in [5, 5.41) is 15.0. The van der Waals surface area contributed by atoms with Gasteiger partial charge in [0.25, 0.3) is 0 Å². The Hall–Kier alpha value is -2.80. The molecule has 1 aliphatic carbocycles. The predicted octanol–water partition coefficient (Wildman–Crippen LogP) is 3.16. The number of nitriles is 1. The largest absolute Gasteiger partial charge is 0.376 e. The first-order chi connectivity index (χ1) is 11.3. The van der Waals surface area contributed by atoms with Crippen molar-refractivity contribution in [1.82, 2.24) is 5.32 Å². The highest BCUT2D eigenvalue weighted by atomic mass is 16.1. The van der Waals surface area contributed by atoms with E-state index in [0.29, 0.717) is 5.56 Å². The van der Waals surface area contributed by atoms with Crippen molar-refractivity contribution in [2.75, 3.05) is 11.9 Å². The Morgan fingerprint density at radius 2 is 1.96 bits per heavy atom. The molecule has 0 saturated carbocycles. The summed E-state index contributed by atoms with van der Waals surface area (Å²) in [5.74, 6) is -0.0175. The van der Waals surface area contributed by atoms with Gasteiger partial charge in [-0.3, -0.25) is 4.79 Å². The Morgan fingerprint density at radius 1 is 1.17 bits per heavy atom. The minimum atomic E-state index is -0.0175. The molecular formula is C19H19N3O. The van der Waals surface area contributed by atoms with Crippen molar-refractivity contribution in [3.63, 3.8) is 0 Å². The third-order valence-corrected chi connectivity index (χ3v) is 4.17. The van der Waals surface area contributed by atoms with Gasteiger partial charge in [0.05, 0.1) is 24.2 Å². The molecule has 23 heavy (non-hydrogen) atoms. The smallest absolute Gasteiger partial charge is 0.239 e. The van der Waals surface area contributed by atoms with Crippen LogP contribution in [0, 0.1) is 11.3 Å². The second-order valence-corrected chi connectivity index (χ2v) is 5.75. The number of aryl methyl sites for hydroxylation is 1. The lowest BCUT2D eigenvalue weighted by Gasteiger charge is -2.26. The van der Waals surface area contributed by atoms with Crippen molar-refractivity contribution in [2.24, 2.45) is 0 Å². The number of nitrogens with zero attached hydrogens (tertiary/aromatic N) is 1. The van der Waals surface area contributed by atoms with Crippen LogP contribution in [-0.2, 0) is 11.2 Å². The number of fused-ring (bicyclic) bond motifs is 1. The zero-order valence-corrected chi connectivity index (χ0v) is 12.9. The van der Waals surface area contributed by atoms with E-state index in [0.717, 1.165) is 24.9 Å². The summed E-state index contributed by atoms with van der Waals surface area (Å²) in [7, 11) is 0. The Kier molecular flexibility index (Phi) is 4.58. The average Bonchev–Trinajstić information content (AvgIpc) is 2.61. The molecule has 2 N–H and O–H groups in total. The molecule has 0 radical (unpaired) electrons. The lowest BCUT2D eigenvalue weighted by molar-refractivity contribution is -0.120.